The number of phosphoric ester groups is 1. The van der Waals surface area contributed by atoms with E-state index in [4.69, 9.17) is 24.8 Å². The van der Waals surface area contributed by atoms with Gasteiger partial charge in [-0.25, -0.2) is 4.57 Å². The first-order chi connectivity index (χ1) is 29.1. The Hall–Kier alpha value is -2.30. The molecular formula is C48H88NO10P. The first-order valence-corrected chi connectivity index (χ1v) is 25.5. The minimum atomic E-state index is -4.72. The molecule has 3 atom stereocenters. The fraction of sp³-hybridized carbons (Fsp3) is 0.812. The third-order valence-electron chi connectivity index (χ3n) is 10.4. The van der Waals surface area contributed by atoms with E-state index in [0.29, 0.717) is 12.8 Å². The number of hydrogen-bond donors (Lipinski definition) is 3. The Balaban J connectivity index is 4.30. The number of ether oxygens (including phenoxy) is 2. The molecule has 3 unspecified atom stereocenters. The molecule has 4 N–H and O–H groups in total. The number of carboxylic acids is 1. The highest BCUT2D eigenvalue weighted by Crippen LogP contribution is 2.43. The molecule has 60 heavy (non-hydrogen) atoms. The molecule has 0 fully saturated rings. The van der Waals surface area contributed by atoms with Gasteiger partial charge in [-0.05, 0) is 70.6 Å². The lowest BCUT2D eigenvalue weighted by Gasteiger charge is -2.20. The van der Waals surface area contributed by atoms with Crippen LogP contribution in [0.3, 0.4) is 0 Å². The first kappa shape index (κ1) is 57.7. The number of phosphoric acid groups is 1. The zero-order valence-electron chi connectivity index (χ0n) is 38.1. The molecule has 0 bridgehead atoms. The fourth-order valence-corrected chi connectivity index (χ4v) is 7.34. The Kier molecular flexibility index (Phi) is 41.7. The summed E-state index contributed by atoms with van der Waals surface area (Å²) >= 11 is 0. The molecule has 0 aliphatic carbocycles. The summed E-state index contributed by atoms with van der Waals surface area (Å²) in [5.41, 5.74) is 5.34. The van der Waals surface area contributed by atoms with Gasteiger partial charge in [0.05, 0.1) is 13.2 Å². The molecule has 0 rings (SSSR count). The highest BCUT2D eigenvalue weighted by molar-refractivity contribution is 7.47. The van der Waals surface area contributed by atoms with Gasteiger partial charge in [0.15, 0.2) is 6.10 Å². The van der Waals surface area contributed by atoms with E-state index in [-0.39, 0.29) is 19.4 Å². The zero-order valence-corrected chi connectivity index (χ0v) is 38.9. The van der Waals surface area contributed by atoms with E-state index in [1.54, 1.807) is 0 Å². The highest BCUT2D eigenvalue weighted by atomic mass is 31.2. The standard InChI is InChI=1S/C48H88NO10P/c1-3-5-7-9-11-13-15-17-19-21-22-24-25-27-29-31-33-35-37-39-46(50)56-41-44(42-57-60(54,55)58-43-45(49)48(52)53)59-47(51)40-38-36-34-32-30-28-26-23-20-18-16-14-12-10-8-6-4-2/h12,14,17-20,44-45H,3-11,13,15-16,21-43,49H2,1-2H3,(H,52,53)(H,54,55)/b14-12-,19-17-,20-18-. The maximum absolute atomic E-state index is 12.7. The molecule has 11 nitrogen and oxygen atoms in total. The normalized spacial score (nSPS) is 13.9. The van der Waals surface area contributed by atoms with Crippen LogP contribution >= 0.6 is 7.82 Å². The number of hydrogen-bond acceptors (Lipinski definition) is 9. The molecule has 350 valence electrons. The third-order valence-corrected chi connectivity index (χ3v) is 11.3. The smallest absolute Gasteiger partial charge is 0.472 e. The number of rotatable bonds is 45. The maximum Gasteiger partial charge on any atom is 0.472 e. The highest BCUT2D eigenvalue weighted by Gasteiger charge is 2.28. The van der Waals surface area contributed by atoms with Crippen molar-refractivity contribution in [3.05, 3.63) is 36.5 Å². The van der Waals surface area contributed by atoms with Gasteiger partial charge in [0.25, 0.3) is 0 Å². The second-order valence-electron chi connectivity index (χ2n) is 16.2. The molecule has 0 saturated carbocycles. The quantitative estimate of drug-likeness (QED) is 0.0230. The van der Waals surface area contributed by atoms with E-state index in [1.807, 2.05) is 0 Å². The van der Waals surface area contributed by atoms with E-state index in [0.717, 1.165) is 57.8 Å². The van der Waals surface area contributed by atoms with Crippen molar-refractivity contribution in [1.82, 2.24) is 0 Å². The van der Waals surface area contributed by atoms with Crippen molar-refractivity contribution in [1.29, 1.82) is 0 Å². The van der Waals surface area contributed by atoms with Gasteiger partial charge in [-0.1, -0.05) is 172 Å². The summed E-state index contributed by atoms with van der Waals surface area (Å²) in [6.07, 6.45) is 47.7. The molecular weight excluding hydrogens is 781 g/mol. The lowest BCUT2D eigenvalue weighted by molar-refractivity contribution is -0.161. The Labute approximate surface area is 365 Å². The van der Waals surface area contributed by atoms with E-state index in [2.05, 4.69) is 54.8 Å². The molecule has 0 spiro atoms. The van der Waals surface area contributed by atoms with Crippen molar-refractivity contribution >= 4 is 25.7 Å². The molecule has 0 amide bonds. The second kappa shape index (κ2) is 43.4. The maximum atomic E-state index is 12.7. The van der Waals surface area contributed by atoms with E-state index in [1.165, 1.54) is 122 Å². The molecule has 0 aromatic carbocycles. The summed E-state index contributed by atoms with van der Waals surface area (Å²) in [4.78, 5) is 46.1. The summed E-state index contributed by atoms with van der Waals surface area (Å²) in [6.45, 7) is 2.79. The van der Waals surface area contributed by atoms with Crippen LogP contribution in [-0.2, 0) is 37.5 Å². The van der Waals surface area contributed by atoms with Gasteiger partial charge in [-0.2, -0.15) is 0 Å². The number of carboxylic acid groups (broad SMARTS) is 1. The SMILES string of the molecule is CCCCC/C=C\C/C=C\CCCCCCCCCC(=O)OC(COC(=O)CCCCCCCCCCC/C=C\CCCCCCCC)COP(=O)(O)OCC(N)C(=O)O. The van der Waals surface area contributed by atoms with Crippen LogP contribution in [0.5, 0.6) is 0 Å². The summed E-state index contributed by atoms with van der Waals surface area (Å²) < 4.78 is 32.8. The number of carbonyl (C=O) groups is 3. The van der Waals surface area contributed by atoms with Gasteiger partial charge >= 0.3 is 25.7 Å². The van der Waals surface area contributed by atoms with Crippen LogP contribution in [0.15, 0.2) is 36.5 Å². The van der Waals surface area contributed by atoms with Gasteiger partial charge in [-0.3, -0.25) is 23.4 Å². The summed E-state index contributed by atoms with van der Waals surface area (Å²) in [5, 5.41) is 8.91. The Morgan fingerprint density at radius 1 is 0.517 bits per heavy atom. The minimum Gasteiger partial charge on any atom is -0.480 e. The van der Waals surface area contributed by atoms with E-state index < -0.39 is 51.1 Å². The van der Waals surface area contributed by atoms with E-state index >= 15 is 0 Å². The lowest BCUT2D eigenvalue weighted by atomic mass is 10.1. The number of nitrogens with two attached hydrogens (primary N) is 1. The topological polar surface area (TPSA) is 172 Å². The average molecular weight is 870 g/mol. The fourth-order valence-electron chi connectivity index (χ4n) is 6.56. The number of unbranched alkanes of at least 4 members (excludes halogenated alkanes) is 25. The third kappa shape index (κ3) is 42.4. The van der Waals surface area contributed by atoms with E-state index in [9.17, 15) is 23.8 Å². The monoisotopic (exact) mass is 870 g/mol. The predicted octanol–water partition coefficient (Wildman–Crippen LogP) is 13.2. The van der Waals surface area contributed by atoms with Crippen LogP contribution in [0, 0.1) is 0 Å². The predicted molar refractivity (Wildman–Crippen MR) is 245 cm³/mol. The van der Waals surface area contributed by atoms with Crippen LogP contribution in [0.1, 0.15) is 219 Å². The zero-order chi connectivity index (χ0) is 44.2. The number of carbonyl (C=O) groups excluding carboxylic acids is 2. The van der Waals surface area contributed by atoms with Crippen LogP contribution in [0.2, 0.25) is 0 Å². The van der Waals surface area contributed by atoms with Gasteiger partial charge in [-0.15, -0.1) is 0 Å². The summed E-state index contributed by atoms with van der Waals surface area (Å²) in [7, 11) is -4.72. The summed E-state index contributed by atoms with van der Waals surface area (Å²) in [6, 6.07) is -1.52. The van der Waals surface area contributed by atoms with Gasteiger partial charge in [0, 0.05) is 12.8 Å². The number of allylic oxidation sites excluding steroid dienone is 6. The van der Waals surface area contributed by atoms with Crippen LogP contribution < -0.4 is 5.73 Å². The molecule has 0 radical (unpaired) electrons. The van der Waals surface area contributed by atoms with Gasteiger partial charge in [0.2, 0.25) is 0 Å². The van der Waals surface area contributed by atoms with Gasteiger partial charge < -0.3 is 25.2 Å². The van der Waals surface area contributed by atoms with Crippen LogP contribution in [0.25, 0.3) is 0 Å². The minimum absolute atomic E-state index is 0.153. The molecule has 0 aliphatic heterocycles. The lowest BCUT2D eigenvalue weighted by Crippen LogP contribution is -2.34. The average Bonchev–Trinajstić information content (AvgIpc) is 3.22. The molecule has 12 heteroatoms. The second-order valence-corrected chi connectivity index (χ2v) is 17.7. The Morgan fingerprint density at radius 2 is 0.883 bits per heavy atom. The molecule has 0 aliphatic rings. The molecule has 0 heterocycles. The van der Waals surface area contributed by atoms with Crippen molar-refractivity contribution < 1.29 is 47.5 Å². The van der Waals surface area contributed by atoms with Crippen molar-refractivity contribution in [2.45, 2.75) is 231 Å². The molecule has 0 aromatic rings. The largest absolute Gasteiger partial charge is 0.480 e. The molecule has 0 aromatic heterocycles. The van der Waals surface area contributed by atoms with Crippen molar-refractivity contribution in [3.8, 4) is 0 Å². The first-order valence-electron chi connectivity index (χ1n) is 24.0. The number of aliphatic carboxylic acids is 1. The van der Waals surface area contributed by atoms with Crippen molar-refractivity contribution in [3.63, 3.8) is 0 Å². The van der Waals surface area contributed by atoms with Crippen LogP contribution in [-0.4, -0.2) is 59.9 Å². The Morgan fingerprint density at radius 3 is 1.35 bits per heavy atom. The van der Waals surface area contributed by atoms with Crippen molar-refractivity contribution in [2.75, 3.05) is 19.8 Å². The van der Waals surface area contributed by atoms with Crippen LogP contribution in [0.4, 0.5) is 0 Å². The Bertz CT molecular complexity index is 1160. The van der Waals surface area contributed by atoms with Crippen molar-refractivity contribution in [2.24, 2.45) is 5.73 Å². The van der Waals surface area contributed by atoms with Gasteiger partial charge in [0.1, 0.15) is 12.6 Å². The summed E-state index contributed by atoms with van der Waals surface area (Å²) in [5.74, 6) is -2.38. The molecule has 0 saturated heterocycles. The number of esters is 2.